The molecule has 2 N–H and O–H groups in total. The molecule has 0 aromatic heterocycles. The Hall–Kier alpha value is -0.830. The fourth-order valence-corrected chi connectivity index (χ4v) is 7.97. The first-order chi connectivity index (χ1) is 11.8. The Morgan fingerprint density at radius 1 is 1.20 bits per heavy atom. The first-order valence-corrected chi connectivity index (χ1v) is 10.3. The molecule has 0 spiro atoms. The Morgan fingerprint density at radius 3 is 2.68 bits per heavy atom. The normalized spacial score (nSPS) is 51.8. The maximum absolute atomic E-state index is 13.6. The van der Waals surface area contributed by atoms with E-state index in [-0.39, 0.29) is 22.5 Å². The second-order valence-corrected chi connectivity index (χ2v) is 10.0. The fourth-order valence-electron chi connectivity index (χ4n) is 6.75. The first-order valence-electron chi connectivity index (χ1n) is 9.47. The zero-order valence-electron chi connectivity index (χ0n) is 15.0. The summed E-state index contributed by atoms with van der Waals surface area (Å²) in [6, 6.07) is 0. The molecule has 4 rings (SSSR count). The summed E-state index contributed by atoms with van der Waals surface area (Å²) in [5.74, 6) is 0.581. The number of thiocyanates is 1. The molecular weight excluding hydrogens is 334 g/mol. The number of rotatable bonds is 1. The van der Waals surface area contributed by atoms with Gasteiger partial charge in [-0.2, -0.15) is 5.26 Å². The molecule has 0 radical (unpaired) electrons. The van der Waals surface area contributed by atoms with Crippen molar-refractivity contribution in [2.24, 2.45) is 22.7 Å². The van der Waals surface area contributed by atoms with Crippen LogP contribution in [0.4, 0.5) is 0 Å². The van der Waals surface area contributed by atoms with Gasteiger partial charge in [0.1, 0.15) is 10.1 Å². The molecule has 0 aliphatic heterocycles. The van der Waals surface area contributed by atoms with Gasteiger partial charge in [-0.15, -0.1) is 0 Å². The van der Waals surface area contributed by atoms with Gasteiger partial charge in [0.05, 0.1) is 12.2 Å². The highest BCUT2D eigenvalue weighted by molar-refractivity contribution is 8.05. The van der Waals surface area contributed by atoms with Gasteiger partial charge in [-0.25, -0.2) is 0 Å². The maximum Gasteiger partial charge on any atom is 0.151 e. The Kier molecular flexibility index (Phi) is 3.92. The molecule has 0 aromatic rings. The van der Waals surface area contributed by atoms with Crippen molar-refractivity contribution in [1.82, 2.24) is 0 Å². The van der Waals surface area contributed by atoms with E-state index in [0.29, 0.717) is 18.8 Å². The van der Waals surface area contributed by atoms with E-state index in [1.54, 1.807) is 0 Å². The summed E-state index contributed by atoms with van der Waals surface area (Å²) >= 11 is 1.18. The van der Waals surface area contributed by atoms with E-state index >= 15 is 0 Å². The Bertz CT molecular complexity index is 685. The molecule has 0 aromatic carbocycles. The molecule has 4 aliphatic rings. The molecule has 3 fully saturated rings. The van der Waals surface area contributed by atoms with Crippen molar-refractivity contribution in [1.29, 1.82) is 5.26 Å². The standard InChI is InChI=1S/C20H27NO3S/c1-18-10-17(24)20(25-11-21)15(14(18)5-6-16(18)23)4-3-12-9-13(22)7-8-19(12,20)2/h9,13-16,22-23H,3-8,10H2,1-2H3. The van der Waals surface area contributed by atoms with Crippen molar-refractivity contribution in [3.63, 3.8) is 0 Å². The molecule has 4 aliphatic carbocycles. The summed E-state index contributed by atoms with van der Waals surface area (Å²) in [7, 11) is 0. The van der Waals surface area contributed by atoms with Crippen LogP contribution in [-0.4, -0.2) is 33.0 Å². The SMILES string of the molecule is CC12CC(=O)C3(SC#N)C(CCC4=CC(O)CCC43C)C1CCC2O. The summed E-state index contributed by atoms with van der Waals surface area (Å²) in [5.41, 5.74) is 0.467. The van der Waals surface area contributed by atoms with Crippen molar-refractivity contribution in [3.05, 3.63) is 11.6 Å². The number of carbonyl (C=O) groups excluding carboxylic acids is 1. The molecule has 5 heteroatoms. The minimum atomic E-state index is -0.722. The van der Waals surface area contributed by atoms with Gasteiger partial charge in [0.15, 0.2) is 5.78 Å². The molecule has 0 saturated heterocycles. The van der Waals surface area contributed by atoms with Crippen molar-refractivity contribution in [2.75, 3.05) is 0 Å². The highest BCUT2D eigenvalue weighted by Crippen LogP contribution is 2.69. The zero-order chi connectivity index (χ0) is 18.0. The monoisotopic (exact) mass is 361 g/mol. The fraction of sp³-hybridized carbons (Fsp3) is 0.800. The highest BCUT2D eigenvalue weighted by atomic mass is 32.2. The molecule has 0 amide bonds. The molecule has 7 atom stereocenters. The molecule has 25 heavy (non-hydrogen) atoms. The average molecular weight is 362 g/mol. The van der Waals surface area contributed by atoms with Gasteiger partial charge in [-0.1, -0.05) is 25.5 Å². The summed E-state index contributed by atoms with van der Waals surface area (Å²) in [6.45, 7) is 4.22. The third-order valence-electron chi connectivity index (χ3n) is 8.12. The van der Waals surface area contributed by atoms with Crippen LogP contribution in [0.2, 0.25) is 0 Å². The van der Waals surface area contributed by atoms with E-state index in [9.17, 15) is 20.3 Å². The largest absolute Gasteiger partial charge is 0.393 e. The topological polar surface area (TPSA) is 81.3 Å². The van der Waals surface area contributed by atoms with E-state index in [1.807, 2.05) is 6.08 Å². The molecule has 0 heterocycles. The van der Waals surface area contributed by atoms with Gasteiger partial charge >= 0.3 is 0 Å². The number of hydrogen-bond acceptors (Lipinski definition) is 5. The van der Waals surface area contributed by atoms with Gasteiger partial charge in [0, 0.05) is 17.3 Å². The van der Waals surface area contributed by atoms with E-state index in [2.05, 4.69) is 19.2 Å². The van der Waals surface area contributed by atoms with Crippen molar-refractivity contribution in [2.45, 2.75) is 75.7 Å². The summed E-state index contributed by atoms with van der Waals surface area (Å²) in [6.07, 6.45) is 6.35. The van der Waals surface area contributed by atoms with Crippen LogP contribution < -0.4 is 0 Å². The van der Waals surface area contributed by atoms with Gasteiger partial charge in [-0.3, -0.25) is 4.79 Å². The van der Waals surface area contributed by atoms with Gasteiger partial charge in [0.2, 0.25) is 0 Å². The lowest BCUT2D eigenvalue weighted by molar-refractivity contribution is -0.143. The molecular formula is C20H27NO3S. The predicted molar refractivity (Wildman–Crippen MR) is 96.6 cm³/mol. The third-order valence-corrected chi connectivity index (χ3v) is 9.51. The number of thioether (sulfide) groups is 1. The summed E-state index contributed by atoms with van der Waals surface area (Å²) in [4.78, 5) is 13.6. The van der Waals surface area contributed by atoms with Crippen LogP contribution in [0.25, 0.3) is 0 Å². The van der Waals surface area contributed by atoms with Gasteiger partial charge in [-0.05, 0) is 62.1 Å². The number of nitrogens with zero attached hydrogens (tertiary/aromatic N) is 1. The lowest BCUT2D eigenvalue weighted by Crippen LogP contribution is -2.66. The third kappa shape index (κ3) is 2.05. The minimum Gasteiger partial charge on any atom is -0.393 e. The first kappa shape index (κ1) is 17.6. The number of carbonyl (C=O) groups is 1. The van der Waals surface area contributed by atoms with E-state index in [1.165, 1.54) is 17.3 Å². The van der Waals surface area contributed by atoms with Gasteiger partial charge in [0.25, 0.3) is 0 Å². The lowest BCUT2D eigenvalue weighted by atomic mass is 9.46. The van der Waals surface area contributed by atoms with E-state index in [4.69, 9.17) is 0 Å². The highest BCUT2D eigenvalue weighted by Gasteiger charge is 2.70. The summed E-state index contributed by atoms with van der Waals surface area (Å²) < 4.78 is -0.722. The molecule has 7 unspecified atom stereocenters. The smallest absolute Gasteiger partial charge is 0.151 e. The Morgan fingerprint density at radius 2 is 1.96 bits per heavy atom. The number of fused-ring (bicyclic) bond motifs is 5. The van der Waals surface area contributed by atoms with Crippen molar-refractivity contribution >= 4 is 17.5 Å². The molecule has 3 saturated carbocycles. The predicted octanol–water partition coefficient (Wildman–Crippen LogP) is 3.19. The van der Waals surface area contributed by atoms with Crippen LogP contribution in [0, 0.1) is 33.3 Å². The lowest BCUT2D eigenvalue weighted by Gasteiger charge is -2.62. The second kappa shape index (κ2) is 5.58. The van der Waals surface area contributed by atoms with Crippen LogP contribution in [0.3, 0.4) is 0 Å². The van der Waals surface area contributed by atoms with Gasteiger partial charge < -0.3 is 10.2 Å². The Balaban J connectivity index is 1.88. The number of aliphatic hydroxyl groups excluding tert-OH is 2. The van der Waals surface area contributed by atoms with Crippen LogP contribution in [0.15, 0.2) is 11.6 Å². The van der Waals surface area contributed by atoms with E-state index < -0.39 is 17.0 Å². The second-order valence-electron chi connectivity index (χ2n) is 9.01. The zero-order valence-corrected chi connectivity index (χ0v) is 15.8. The Labute approximate surface area is 153 Å². The van der Waals surface area contributed by atoms with Crippen molar-refractivity contribution < 1.29 is 15.0 Å². The van der Waals surface area contributed by atoms with Crippen LogP contribution in [0.1, 0.15) is 58.8 Å². The van der Waals surface area contributed by atoms with Crippen molar-refractivity contribution in [3.8, 4) is 5.40 Å². The van der Waals surface area contributed by atoms with Crippen LogP contribution in [0.5, 0.6) is 0 Å². The summed E-state index contributed by atoms with van der Waals surface area (Å²) in [5, 5.41) is 32.6. The number of aliphatic hydroxyl groups is 2. The quantitative estimate of drug-likeness (QED) is 0.554. The molecule has 136 valence electrons. The average Bonchev–Trinajstić information content (AvgIpc) is 2.85. The minimum absolute atomic E-state index is 0.137. The number of ketones is 1. The van der Waals surface area contributed by atoms with Crippen LogP contribution >= 0.6 is 11.8 Å². The van der Waals surface area contributed by atoms with Crippen LogP contribution in [-0.2, 0) is 4.79 Å². The maximum atomic E-state index is 13.6. The molecule has 0 bridgehead atoms. The number of nitriles is 1. The number of allylic oxidation sites excluding steroid dienone is 1. The number of hydrogen-bond donors (Lipinski definition) is 2. The number of Topliss-reactive ketones (excluding diaryl/α,β-unsaturated/α-hetero) is 1. The molecule has 4 nitrogen and oxygen atoms in total. The van der Waals surface area contributed by atoms with E-state index in [0.717, 1.165) is 32.1 Å².